The molecule has 2 N–H and O–H groups in total. The average Bonchev–Trinajstić information content (AvgIpc) is 3.27. The van der Waals surface area contributed by atoms with E-state index >= 15 is 0 Å². The first-order valence-corrected chi connectivity index (χ1v) is 11.3. The van der Waals surface area contributed by atoms with Crippen LogP contribution in [0.15, 0.2) is 64.8 Å². The van der Waals surface area contributed by atoms with Gasteiger partial charge in [0.2, 0.25) is 0 Å². The van der Waals surface area contributed by atoms with Gasteiger partial charge in [-0.15, -0.1) is 10.2 Å². The summed E-state index contributed by atoms with van der Waals surface area (Å²) in [5.74, 6) is -1.60. The number of benzene rings is 3. The van der Waals surface area contributed by atoms with E-state index in [4.69, 9.17) is 11.3 Å². The summed E-state index contributed by atoms with van der Waals surface area (Å²) >= 11 is 0.813. The van der Waals surface area contributed by atoms with Crippen molar-refractivity contribution in [1.82, 2.24) is 4.37 Å². The largest absolute Gasteiger partial charge is 0.505 e. The molecular weight excluding hydrogens is 466 g/mol. The number of carbonyl (C=O) groups excluding carboxylic acids is 2. The maximum atomic E-state index is 13.0. The minimum atomic E-state index is -0.723. The quantitative estimate of drug-likeness (QED) is 0.179. The third-order valence-corrected chi connectivity index (χ3v) is 5.74. The third kappa shape index (κ3) is 4.85. The number of nitrogens with one attached hydrogen (secondary N) is 1. The van der Waals surface area contributed by atoms with E-state index in [-0.39, 0.29) is 40.0 Å². The summed E-state index contributed by atoms with van der Waals surface area (Å²) in [6.45, 7) is 11.1. The van der Waals surface area contributed by atoms with Crippen LogP contribution in [-0.4, -0.2) is 28.0 Å². The van der Waals surface area contributed by atoms with Crippen molar-refractivity contribution in [2.75, 3.05) is 11.9 Å². The van der Waals surface area contributed by atoms with Gasteiger partial charge in [-0.05, 0) is 49.0 Å². The molecule has 0 aliphatic carbocycles. The molecule has 0 fully saturated rings. The van der Waals surface area contributed by atoms with Gasteiger partial charge in [0.05, 0.1) is 18.7 Å². The highest BCUT2D eigenvalue weighted by Gasteiger charge is 2.23. The standard InChI is InChI=1S/C25H19N5O4S/c1-4-34-25(33)21-20(26-3)24(35-30-21)29-28-19-17-8-6-5-7-15(17)13-18(22(19)31)23(32)27-16-11-9-14(2)10-12-16/h5-13,31H,4H2,1-2H3,(H,27,32)/b29-28+. The summed E-state index contributed by atoms with van der Waals surface area (Å²) in [7, 11) is 0. The molecule has 1 amide bonds. The predicted octanol–water partition coefficient (Wildman–Crippen LogP) is 6.71. The molecule has 0 aliphatic rings. The van der Waals surface area contributed by atoms with E-state index in [9.17, 15) is 14.7 Å². The monoisotopic (exact) mass is 485 g/mol. The van der Waals surface area contributed by atoms with E-state index in [0.717, 1.165) is 17.1 Å². The van der Waals surface area contributed by atoms with Crippen LogP contribution in [0.1, 0.15) is 33.3 Å². The van der Waals surface area contributed by atoms with Crippen LogP contribution in [0.25, 0.3) is 15.6 Å². The van der Waals surface area contributed by atoms with Crippen molar-refractivity contribution in [3.05, 3.63) is 82.8 Å². The lowest BCUT2D eigenvalue weighted by molar-refractivity contribution is 0.0522. The Morgan fingerprint density at radius 2 is 1.91 bits per heavy atom. The van der Waals surface area contributed by atoms with E-state index in [1.165, 1.54) is 0 Å². The van der Waals surface area contributed by atoms with Crippen molar-refractivity contribution in [1.29, 1.82) is 0 Å². The summed E-state index contributed by atoms with van der Waals surface area (Å²) in [5, 5.41) is 23.3. The highest BCUT2D eigenvalue weighted by Crippen LogP contribution is 2.42. The van der Waals surface area contributed by atoms with Crippen LogP contribution in [0.2, 0.25) is 0 Å². The Morgan fingerprint density at radius 3 is 2.63 bits per heavy atom. The van der Waals surface area contributed by atoms with Crippen molar-refractivity contribution in [2.45, 2.75) is 13.8 Å². The predicted molar refractivity (Wildman–Crippen MR) is 133 cm³/mol. The molecule has 0 bridgehead atoms. The summed E-state index contributed by atoms with van der Waals surface area (Å²) < 4.78 is 8.90. The molecule has 174 valence electrons. The first-order valence-electron chi connectivity index (χ1n) is 10.5. The molecule has 1 aromatic heterocycles. The zero-order chi connectivity index (χ0) is 24.9. The fraction of sp³-hybridized carbons (Fsp3) is 0.120. The van der Waals surface area contributed by atoms with E-state index in [0.29, 0.717) is 16.5 Å². The Morgan fingerprint density at radius 1 is 1.17 bits per heavy atom. The molecule has 10 heteroatoms. The lowest BCUT2D eigenvalue weighted by atomic mass is 10.0. The number of phenols is 1. The van der Waals surface area contributed by atoms with Crippen LogP contribution >= 0.6 is 11.5 Å². The van der Waals surface area contributed by atoms with Gasteiger partial charge in [-0.1, -0.05) is 42.0 Å². The SMILES string of the molecule is [C-]#[N+]c1c(C(=O)OCC)nsc1/N=N/c1c(O)c(C(=O)Nc2ccc(C)cc2)cc2ccccc12. The summed E-state index contributed by atoms with van der Waals surface area (Å²) in [5.41, 5.74) is 1.47. The molecule has 1 heterocycles. The van der Waals surface area contributed by atoms with Crippen molar-refractivity contribution < 1.29 is 19.4 Å². The van der Waals surface area contributed by atoms with Crippen LogP contribution in [0, 0.1) is 13.5 Å². The van der Waals surface area contributed by atoms with Gasteiger partial charge in [0, 0.05) is 11.1 Å². The molecule has 0 aliphatic heterocycles. The third-order valence-electron chi connectivity index (χ3n) is 5.02. The number of ether oxygens (including phenoxy) is 1. The first-order chi connectivity index (χ1) is 16.9. The van der Waals surface area contributed by atoms with Gasteiger partial charge in [0.15, 0.2) is 16.4 Å². The highest BCUT2D eigenvalue weighted by atomic mass is 32.1. The second-order valence-corrected chi connectivity index (χ2v) is 8.13. The first kappa shape index (κ1) is 23.5. The number of phenolic OH excluding ortho intramolecular Hbond substituents is 1. The number of hydrogen-bond acceptors (Lipinski definition) is 8. The second kappa shape index (κ2) is 10.1. The van der Waals surface area contributed by atoms with Crippen LogP contribution in [-0.2, 0) is 4.74 Å². The van der Waals surface area contributed by atoms with Crippen LogP contribution < -0.4 is 5.32 Å². The maximum absolute atomic E-state index is 13.0. The number of aromatic nitrogens is 1. The smallest absolute Gasteiger partial charge is 0.347 e. The van der Waals surface area contributed by atoms with E-state index in [1.807, 2.05) is 19.1 Å². The normalized spacial score (nSPS) is 10.9. The number of aromatic hydroxyl groups is 1. The van der Waals surface area contributed by atoms with Gasteiger partial charge in [0.25, 0.3) is 11.6 Å². The second-order valence-electron chi connectivity index (χ2n) is 7.38. The number of rotatable bonds is 6. The number of amides is 1. The fourth-order valence-corrected chi connectivity index (χ4v) is 3.94. The molecule has 35 heavy (non-hydrogen) atoms. The number of carbonyl (C=O) groups is 2. The van der Waals surface area contributed by atoms with Gasteiger partial charge in [0.1, 0.15) is 5.69 Å². The lowest BCUT2D eigenvalue weighted by Gasteiger charge is -2.11. The molecule has 3 aromatic carbocycles. The Labute approximate surface area is 204 Å². The molecule has 0 unspecified atom stereocenters. The molecule has 0 radical (unpaired) electrons. The fourth-order valence-electron chi connectivity index (χ4n) is 3.30. The molecule has 0 saturated heterocycles. The van der Waals surface area contributed by atoms with E-state index in [2.05, 4.69) is 24.8 Å². The highest BCUT2D eigenvalue weighted by molar-refractivity contribution is 7.10. The van der Waals surface area contributed by atoms with Gasteiger partial charge in [-0.25, -0.2) is 9.64 Å². The zero-order valence-electron chi connectivity index (χ0n) is 18.8. The van der Waals surface area contributed by atoms with Gasteiger partial charge in [-0.2, -0.15) is 4.37 Å². The topological polar surface area (TPSA) is 118 Å². The van der Waals surface area contributed by atoms with Gasteiger partial charge >= 0.3 is 5.97 Å². The Hall–Kier alpha value is -4.62. The number of fused-ring (bicyclic) bond motifs is 1. The number of hydrogen-bond donors (Lipinski definition) is 2. The lowest BCUT2D eigenvalue weighted by Crippen LogP contribution is -2.12. The van der Waals surface area contributed by atoms with Crippen LogP contribution in [0.4, 0.5) is 22.1 Å². The van der Waals surface area contributed by atoms with Gasteiger partial charge < -0.3 is 15.2 Å². The Balaban J connectivity index is 1.75. The number of nitrogens with zero attached hydrogens (tertiary/aromatic N) is 4. The molecular formula is C25H19N5O4S. The van der Waals surface area contributed by atoms with E-state index < -0.39 is 11.9 Å². The van der Waals surface area contributed by atoms with Crippen LogP contribution in [0.3, 0.4) is 0 Å². The number of azo groups is 1. The average molecular weight is 486 g/mol. The molecule has 4 rings (SSSR count). The number of anilines is 1. The Kier molecular flexibility index (Phi) is 6.80. The summed E-state index contributed by atoms with van der Waals surface area (Å²) in [4.78, 5) is 28.4. The van der Waals surface area contributed by atoms with Gasteiger partial charge in [-0.3, -0.25) is 4.79 Å². The molecule has 0 saturated carbocycles. The number of esters is 1. The zero-order valence-corrected chi connectivity index (χ0v) is 19.6. The molecule has 9 nitrogen and oxygen atoms in total. The number of aryl methyl sites for hydroxylation is 1. The van der Waals surface area contributed by atoms with Crippen molar-refractivity contribution in [2.24, 2.45) is 10.2 Å². The minimum absolute atomic E-state index is 0.0140. The Bertz CT molecular complexity index is 1500. The minimum Gasteiger partial charge on any atom is -0.505 e. The molecule has 0 spiro atoms. The van der Waals surface area contributed by atoms with Crippen LogP contribution in [0.5, 0.6) is 5.75 Å². The van der Waals surface area contributed by atoms with Crippen molar-refractivity contribution >= 4 is 56.2 Å². The summed E-state index contributed by atoms with van der Waals surface area (Å²) in [6, 6.07) is 15.9. The summed E-state index contributed by atoms with van der Waals surface area (Å²) in [6.07, 6.45) is 0. The maximum Gasteiger partial charge on any atom is 0.347 e. The molecule has 4 aromatic rings. The van der Waals surface area contributed by atoms with Crippen molar-refractivity contribution in [3.63, 3.8) is 0 Å². The van der Waals surface area contributed by atoms with E-state index in [1.54, 1.807) is 49.4 Å². The van der Waals surface area contributed by atoms with Crippen molar-refractivity contribution in [3.8, 4) is 5.75 Å². The molecule has 0 atom stereocenters.